The third-order valence-electron chi connectivity index (χ3n) is 2.34. The van der Waals surface area contributed by atoms with Crippen LogP contribution in [-0.2, 0) is 11.3 Å². The largest absolute Gasteiger partial charge is 0.385 e. The van der Waals surface area contributed by atoms with Crippen molar-refractivity contribution < 1.29 is 4.74 Å². The molecule has 0 aliphatic heterocycles. The molecular formula is C13H21NOS. The highest BCUT2D eigenvalue weighted by Gasteiger charge is 1.95. The van der Waals surface area contributed by atoms with Crippen molar-refractivity contribution in [3.63, 3.8) is 0 Å². The summed E-state index contributed by atoms with van der Waals surface area (Å²) in [6.45, 7) is 1.74. The zero-order chi connectivity index (χ0) is 11.6. The zero-order valence-corrected chi connectivity index (χ0v) is 11.0. The van der Waals surface area contributed by atoms with E-state index < -0.39 is 0 Å². The van der Waals surface area contributed by atoms with E-state index in [0.29, 0.717) is 6.61 Å². The normalized spacial score (nSPS) is 10.4. The Morgan fingerprint density at radius 3 is 2.94 bits per heavy atom. The van der Waals surface area contributed by atoms with Gasteiger partial charge in [-0.15, -0.1) is 0 Å². The van der Waals surface area contributed by atoms with Crippen molar-refractivity contribution >= 4 is 17.4 Å². The fourth-order valence-electron chi connectivity index (χ4n) is 1.54. The second kappa shape index (κ2) is 8.48. The lowest BCUT2D eigenvalue weighted by Crippen LogP contribution is -2.02. The molecule has 0 aromatic heterocycles. The quantitative estimate of drug-likeness (QED) is 0.703. The molecule has 0 unspecified atom stereocenters. The van der Waals surface area contributed by atoms with Crippen LogP contribution in [0.4, 0.5) is 5.69 Å². The minimum Gasteiger partial charge on any atom is -0.385 e. The molecule has 0 heterocycles. The molecule has 90 valence electrons. The van der Waals surface area contributed by atoms with E-state index >= 15 is 0 Å². The third kappa shape index (κ3) is 5.42. The van der Waals surface area contributed by atoms with E-state index in [0.717, 1.165) is 6.54 Å². The second-order valence-corrected chi connectivity index (χ2v) is 4.75. The van der Waals surface area contributed by atoms with Gasteiger partial charge in [0.2, 0.25) is 0 Å². The SMILES string of the molecule is COCc1cccc(NCCCCSC)c1. The van der Waals surface area contributed by atoms with Crippen LogP contribution in [0, 0.1) is 0 Å². The Balaban J connectivity index is 2.27. The van der Waals surface area contributed by atoms with E-state index in [-0.39, 0.29) is 0 Å². The van der Waals surface area contributed by atoms with Crippen molar-refractivity contribution in [3.05, 3.63) is 29.8 Å². The molecule has 0 fully saturated rings. The number of rotatable bonds is 8. The second-order valence-electron chi connectivity index (χ2n) is 3.76. The lowest BCUT2D eigenvalue weighted by molar-refractivity contribution is 0.185. The maximum absolute atomic E-state index is 5.11. The third-order valence-corrected chi connectivity index (χ3v) is 3.04. The number of anilines is 1. The van der Waals surface area contributed by atoms with E-state index in [4.69, 9.17) is 4.74 Å². The summed E-state index contributed by atoms with van der Waals surface area (Å²) in [5.41, 5.74) is 2.41. The summed E-state index contributed by atoms with van der Waals surface area (Å²) in [5.74, 6) is 1.26. The summed E-state index contributed by atoms with van der Waals surface area (Å²) >= 11 is 1.91. The highest BCUT2D eigenvalue weighted by molar-refractivity contribution is 7.98. The van der Waals surface area contributed by atoms with Gasteiger partial charge in [0, 0.05) is 19.3 Å². The first-order chi connectivity index (χ1) is 7.86. The van der Waals surface area contributed by atoms with Gasteiger partial charge in [-0.2, -0.15) is 11.8 Å². The molecule has 1 aromatic carbocycles. The van der Waals surface area contributed by atoms with Crippen LogP contribution in [0.5, 0.6) is 0 Å². The van der Waals surface area contributed by atoms with Gasteiger partial charge in [0.15, 0.2) is 0 Å². The van der Waals surface area contributed by atoms with E-state index in [2.05, 4.69) is 35.8 Å². The van der Waals surface area contributed by atoms with E-state index in [1.54, 1.807) is 7.11 Å². The van der Waals surface area contributed by atoms with Crippen molar-refractivity contribution in [2.45, 2.75) is 19.4 Å². The zero-order valence-electron chi connectivity index (χ0n) is 10.2. The van der Waals surface area contributed by atoms with Crippen LogP contribution < -0.4 is 5.32 Å². The first-order valence-electron chi connectivity index (χ1n) is 5.67. The molecule has 0 aliphatic carbocycles. The van der Waals surface area contributed by atoms with E-state index in [1.165, 1.54) is 29.8 Å². The average Bonchev–Trinajstić information content (AvgIpc) is 2.30. The van der Waals surface area contributed by atoms with E-state index in [1.807, 2.05) is 11.8 Å². The summed E-state index contributed by atoms with van der Waals surface area (Å²) in [6.07, 6.45) is 4.67. The number of benzene rings is 1. The van der Waals surface area contributed by atoms with Gasteiger partial charge in [0.1, 0.15) is 0 Å². The molecule has 0 aliphatic rings. The maximum Gasteiger partial charge on any atom is 0.0713 e. The van der Waals surface area contributed by atoms with Crippen molar-refractivity contribution in [1.29, 1.82) is 0 Å². The number of methoxy groups -OCH3 is 1. The Hall–Kier alpha value is -0.670. The van der Waals surface area contributed by atoms with Crippen LogP contribution in [0.1, 0.15) is 18.4 Å². The summed E-state index contributed by atoms with van der Waals surface area (Å²) in [7, 11) is 1.72. The molecule has 0 radical (unpaired) electrons. The molecule has 1 N–H and O–H groups in total. The first kappa shape index (κ1) is 13.4. The summed E-state index contributed by atoms with van der Waals surface area (Å²) in [4.78, 5) is 0. The number of nitrogens with one attached hydrogen (secondary N) is 1. The predicted octanol–water partition coefficient (Wildman–Crippen LogP) is 3.39. The Kier molecular flexibility index (Phi) is 7.10. The number of thioether (sulfide) groups is 1. The Labute approximate surface area is 103 Å². The molecule has 3 heteroatoms. The van der Waals surface area contributed by atoms with Crippen LogP contribution in [0.3, 0.4) is 0 Å². The number of ether oxygens (including phenoxy) is 1. The summed E-state index contributed by atoms with van der Waals surface area (Å²) in [6, 6.07) is 8.41. The molecule has 0 bridgehead atoms. The van der Waals surface area contributed by atoms with Gasteiger partial charge in [0.05, 0.1) is 6.61 Å². The number of hydrogen-bond acceptors (Lipinski definition) is 3. The molecular weight excluding hydrogens is 218 g/mol. The minimum atomic E-state index is 0.683. The molecule has 16 heavy (non-hydrogen) atoms. The first-order valence-corrected chi connectivity index (χ1v) is 7.07. The monoisotopic (exact) mass is 239 g/mol. The lowest BCUT2D eigenvalue weighted by atomic mass is 10.2. The fourth-order valence-corrected chi connectivity index (χ4v) is 2.03. The van der Waals surface area contributed by atoms with Gasteiger partial charge in [-0.05, 0) is 42.5 Å². The molecule has 0 saturated carbocycles. The van der Waals surface area contributed by atoms with Crippen LogP contribution in [0.25, 0.3) is 0 Å². The molecule has 1 rings (SSSR count). The summed E-state index contributed by atoms with van der Waals surface area (Å²) < 4.78 is 5.11. The van der Waals surface area contributed by atoms with Gasteiger partial charge in [-0.3, -0.25) is 0 Å². The molecule has 1 aromatic rings. The van der Waals surface area contributed by atoms with Gasteiger partial charge >= 0.3 is 0 Å². The Morgan fingerprint density at radius 2 is 2.19 bits per heavy atom. The fraction of sp³-hybridized carbons (Fsp3) is 0.538. The van der Waals surface area contributed by atoms with Crippen LogP contribution in [0.2, 0.25) is 0 Å². The average molecular weight is 239 g/mol. The van der Waals surface area contributed by atoms with Gasteiger partial charge in [-0.1, -0.05) is 12.1 Å². The number of hydrogen-bond donors (Lipinski definition) is 1. The standard InChI is InChI=1S/C13H21NOS/c1-15-11-12-6-5-7-13(10-12)14-8-3-4-9-16-2/h5-7,10,14H,3-4,8-9,11H2,1-2H3. The lowest BCUT2D eigenvalue weighted by Gasteiger charge is -2.07. The molecule has 0 spiro atoms. The summed E-state index contributed by atoms with van der Waals surface area (Å²) in [5, 5.41) is 3.44. The van der Waals surface area contributed by atoms with Crippen LogP contribution >= 0.6 is 11.8 Å². The van der Waals surface area contributed by atoms with Crippen molar-refractivity contribution in [3.8, 4) is 0 Å². The minimum absolute atomic E-state index is 0.683. The van der Waals surface area contributed by atoms with Crippen molar-refractivity contribution in [2.24, 2.45) is 0 Å². The topological polar surface area (TPSA) is 21.3 Å². The molecule has 0 saturated heterocycles. The highest BCUT2D eigenvalue weighted by Crippen LogP contribution is 2.11. The smallest absolute Gasteiger partial charge is 0.0713 e. The van der Waals surface area contributed by atoms with Crippen LogP contribution in [-0.4, -0.2) is 25.7 Å². The van der Waals surface area contributed by atoms with Gasteiger partial charge in [0.25, 0.3) is 0 Å². The highest BCUT2D eigenvalue weighted by atomic mass is 32.2. The van der Waals surface area contributed by atoms with E-state index in [9.17, 15) is 0 Å². The Morgan fingerprint density at radius 1 is 1.31 bits per heavy atom. The van der Waals surface area contributed by atoms with Crippen molar-refractivity contribution in [2.75, 3.05) is 31.0 Å². The van der Waals surface area contributed by atoms with Crippen LogP contribution in [0.15, 0.2) is 24.3 Å². The predicted molar refractivity (Wildman–Crippen MR) is 73.3 cm³/mol. The molecule has 0 atom stereocenters. The number of unbranched alkanes of at least 4 members (excludes halogenated alkanes) is 1. The van der Waals surface area contributed by atoms with Gasteiger partial charge < -0.3 is 10.1 Å². The Bertz CT molecular complexity index is 291. The molecule has 2 nitrogen and oxygen atoms in total. The van der Waals surface area contributed by atoms with Gasteiger partial charge in [-0.25, -0.2) is 0 Å². The molecule has 0 amide bonds. The van der Waals surface area contributed by atoms with Crippen molar-refractivity contribution in [1.82, 2.24) is 0 Å². The maximum atomic E-state index is 5.11.